The number of aromatic hydroxyl groups is 1. The molecule has 0 aromatic heterocycles. The van der Waals surface area contributed by atoms with Crippen LogP contribution in [0.4, 0.5) is 0 Å². The summed E-state index contributed by atoms with van der Waals surface area (Å²) < 4.78 is 6.04. The van der Waals surface area contributed by atoms with Crippen molar-refractivity contribution in [3.63, 3.8) is 0 Å². The molecule has 1 aromatic carbocycles. The number of nitrogens with one attached hydrogen (secondary N) is 3. The van der Waals surface area contributed by atoms with E-state index < -0.39 is 77.9 Å². The fourth-order valence-electron chi connectivity index (χ4n) is 6.50. The lowest BCUT2D eigenvalue weighted by Gasteiger charge is -2.36. The summed E-state index contributed by atoms with van der Waals surface area (Å²) in [6, 6.07) is 3.12. The molecule has 1 saturated heterocycles. The van der Waals surface area contributed by atoms with Crippen molar-refractivity contribution in [1.82, 2.24) is 26.0 Å². The van der Waals surface area contributed by atoms with E-state index in [1.54, 1.807) is 51.1 Å². The van der Waals surface area contributed by atoms with Crippen LogP contribution in [0.5, 0.6) is 5.75 Å². The van der Waals surface area contributed by atoms with Crippen LogP contribution in [-0.2, 0) is 35.1 Å². The number of amides is 3. The normalized spacial score (nSPS) is 28.3. The first kappa shape index (κ1) is 45.0. The van der Waals surface area contributed by atoms with E-state index in [1.807, 2.05) is 32.0 Å². The molecule has 0 aliphatic carbocycles. The molecule has 55 heavy (non-hydrogen) atoms. The number of cyclic esters (lactones) is 1. The van der Waals surface area contributed by atoms with Gasteiger partial charge in [-0.25, -0.2) is 5.43 Å². The number of Topliss-reactive ketones (excluding diaryl/α,β-unsaturated/α-hetero) is 1. The number of phenols is 1. The van der Waals surface area contributed by atoms with Gasteiger partial charge in [0.2, 0.25) is 11.8 Å². The van der Waals surface area contributed by atoms with Gasteiger partial charge in [0.15, 0.2) is 0 Å². The molecule has 1 aromatic rings. The molecule has 1 fully saturated rings. The third kappa shape index (κ3) is 14.0. The second-order valence-electron chi connectivity index (χ2n) is 15.4. The maximum Gasteiger partial charge on any atom is 0.325 e. The zero-order valence-electron chi connectivity index (χ0n) is 33.2. The van der Waals surface area contributed by atoms with E-state index in [0.717, 1.165) is 5.57 Å². The van der Waals surface area contributed by atoms with Crippen molar-refractivity contribution in [2.45, 2.75) is 110 Å². The summed E-state index contributed by atoms with van der Waals surface area (Å²) in [4.78, 5) is 69.8. The molecule has 3 amide bonds. The van der Waals surface area contributed by atoms with Crippen LogP contribution in [0.3, 0.4) is 0 Å². The highest BCUT2D eigenvalue weighted by Gasteiger charge is 2.38. The van der Waals surface area contributed by atoms with Gasteiger partial charge in [-0.3, -0.25) is 24.2 Å². The van der Waals surface area contributed by atoms with Gasteiger partial charge in [0, 0.05) is 38.3 Å². The van der Waals surface area contributed by atoms with Gasteiger partial charge in [0.25, 0.3) is 5.91 Å². The molecular weight excluding hydrogens is 706 g/mol. The smallest absolute Gasteiger partial charge is 0.325 e. The third-order valence-electron chi connectivity index (χ3n) is 10.0. The van der Waals surface area contributed by atoms with E-state index >= 15 is 0 Å². The minimum absolute atomic E-state index is 0.00640. The maximum atomic E-state index is 14.2. The number of ether oxygens (including phenoxy) is 1. The minimum atomic E-state index is -1.39. The molecule has 14 nitrogen and oxygen atoms in total. The van der Waals surface area contributed by atoms with E-state index in [1.165, 1.54) is 30.1 Å². The first-order valence-corrected chi connectivity index (χ1v) is 19.1. The van der Waals surface area contributed by atoms with Crippen LogP contribution in [0, 0.1) is 17.8 Å². The number of nitrogens with zero attached hydrogens (tertiary/aromatic N) is 2. The van der Waals surface area contributed by atoms with Crippen LogP contribution in [-0.4, -0.2) is 118 Å². The van der Waals surface area contributed by atoms with E-state index in [2.05, 4.69) is 16.1 Å². The molecule has 6 N–H and O–H groups in total. The Morgan fingerprint density at radius 2 is 1.80 bits per heavy atom. The number of likely N-dealkylation sites (N-methyl/N-ethyl adjacent to an activating group) is 1. The van der Waals surface area contributed by atoms with Crippen LogP contribution >= 0.6 is 0 Å². The Morgan fingerprint density at radius 3 is 2.45 bits per heavy atom. The zero-order valence-corrected chi connectivity index (χ0v) is 33.2. The summed E-state index contributed by atoms with van der Waals surface area (Å²) in [5.41, 5.74) is 4.41. The number of hydrogen-bond donors (Lipinski definition) is 6. The van der Waals surface area contributed by atoms with E-state index in [0.29, 0.717) is 31.4 Å². The molecule has 0 saturated carbocycles. The van der Waals surface area contributed by atoms with E-state index in [9.17, 15) is 39.3 Å². The quantitative estimate of drug-likeness (QED) is 0.159. The van der Waals surface area contributed by atoms with E-state index in [-0.39, 0.29) is 37.3 Å². The predicted octanol–water partition coefficient (Wildman–Crippen LogP) is 2.34. The average molecular weight is 768 g/mol. The number of rotatable bonds is 9. The molecule has 14 heteroatoms. The summed E-state index contributed by atoms with van der Waals surface area (Å²) in [7, 11) is 3.85. The monoisotopic (exact) mass is 767 g/mol. The highest BCUT2D eigenvalue weighted by atomic mass is 16.5. The van der Waals surface area contributed by atoms with Gasteiger partial charge < -0.3 is 40.4 Å². The average Bonchev–Trinajstić information content (AvgIpc) is 3.13. The SMILES string of the molecule is CC(=O)CC[C@H]1C(=O)N[C@@H](C(C)C)C(=O)N[C@@H](Cc2cccc(O)c2)C(=O)N2CCCC(N2)C(=O)O[C@H](C(C)=CCN(C)C)CC=CC=C[C@H](O)[C@H](C)[C@H]1O. The number of allylic oxidation sites excluding steroid dienone is 2. The Bertz CT molecular complexity index is 1570. The molecule has 304 valence electrons. The fourth-order valence-corrected chi connectivity index (χ4v) is 6.50. The number of esters is 1. The summed E-state index contributed by atoms with van der Waals surface area (Å²) in [5.74, 6) is -5.07. The summed E-state index contributed by atoms with van der Waals surface area (Å²) >= 11 is 0. The van der Waals surface area contributed by atoms with Gasteiger partial charge in [0.05, 0.1) is 18.1 Å². The lowest BCUT2D eigenvalue weighted by molar-refractivity contribution is -0.156. The number of carbonyl (C=O) groups excluding carboxylic acids is 5. The van der Waals surface area contributed by atoms with Gasteiger partial charge in [-0.15, -0.1) is 0 Å². The second kappa shape index (κ2) is 21.6. The molecule has 0 spiro atoms. The van der Waals surface area contributed by atoms with Crippen LogP contribution in [0.1, 0.15) is 72.3 Å². The van der Waals surface area contributed by atoms with E-state index in [4.69, 9.17) is 4.74 Å². The number of phenolic OH excluding ortho intramolecular Hbond substituents is 1. The van der Waals surface area contributed by atoms with Crippen molar-refractivity contribution in [3.8, 4) is 5.75 Å². The summed E-state index contributed by atoms with van der Waals surface area (Å²) in [6.07, 6.45) is 6.55. The first-order chi connectivity index (χ1) is 26.0. The lowest BCUT2D eigenvalue weighted by atomic mass is 9.84. The Hall–Kier alpha value is -4.37. The van der Waals surface area contributed by atoms with Crippen molar-refractivity contribution >= 4 is 29.5 Å². The van der Waals surface area contributed by atoms with Crippen LogP contribution in [0.25, 0.3) is 0 Å². The number of carbonyl (C=O) groups is 5. The first-order valence-electron chi connectivity index (χ1n) is 19.1. The van der Waals surface area contributed by atoms with Gasteiger partial charge in [-0.2, -0.15) is 0 Å². The highest BCUT2D eigenvalue weighted by molar-refractivity contribution is 5.93. The highest BCUT2D eigenvalue weighted by Crippen LogP contribution is 2.24. The second-order valence-corrected chi connectivity index (χ2v) is 15.4. The Kier molecular flexibility index (Phi) is 17.7. The third-order valence-corrected chi connectivity index (χ3v) is 10.0. The van der Waals surface area contributed by atoms with Gasteiger partial charge in [0.1, 0.15) is 35.8 Å². The molecule has 8 atom stereocenters. The van der Waals surface area contributed by atoms with Gasteiger partial charge in [-0.05, 0) is 76.4 Å². The Balaban J connectivity index is 2.07. The van der Waals surface area contributed by atoms with Crippen molar-refractivity contribution < 1.29 is 44.0 Å². The van der Waals surface area contributed by atoms with Crippen LogP contribution in [0.15, 0.2) is 60.2 Å². The number of aliphatic hydroxyl groups excluding tert-OH is 2. The topological polar surface area (TPSA) is 198 Å². The number of hydrazine groups is 1. The molecule has 2 aliphatic rings. The van der Waals surface area contributed by atoms with Gasteiger partial charge in [-0.1, -0.05) is 63.3 Å². The molecule has 2 heterocycles. The van der Waals surface area contributed by atoms with Crippen LogP contribution < -0.4 is 16.1 Å². The number of aliphatic hydroxyl groups is 2. The number of benzene rings is 1. The van der Waals surface area contributed by atoms with Crippen molar-refractivity contribution in [2.75, 3.05) is 27.2 Å². The standard InChI is InChI=1S/C41H61N5O9/c1-25(2)36-39(52)42-33(24-29-13-11-14-30(48)23-29)40(53)46-21-12-15-32(44-46)41(54)55-35(26(3)20-22-45(6)7)17-10-8-9-16-34(49)28(5)37(50)31(38(51)43-36)19-18-27(4)47/h8-11,13-14,16,20,23,25,28,31-37,44,48-50H,12,15,17-19,21-22,24H2,1-7H3,(H,42,52)(H,43,51)/t28-,31+,32?,33-,34-,35-,36-,37+/m0/s1. The predicted molar refractivity (Wildman–Crippen MR) is 208 cm³/mol. The minimum Gasteiger partial charge on any atom is -0.508 e. The zero-order chi connectivity index (χ0) is 40.8. The molecule has 3 rings (SSSR count). The number of hydrogen-bond acceptors (Lipinski definition) is 11. The Labute approximate surface area is 325 Å². The van der Waals surface area contributed by atoms with Crippen molar-refractivity contribution in [1.29, 1.82) is 0 Å². The molecule has 2 aliphatic heterocycles. The number of ketones is 1. The summed E-state index contributed by atoms with van der Waals surface area (Å²) in [6.45, 7) is 9.16. The molecule has 0 radical (unpaired) electrons. The largest absolute Gasteiger partial charge is 0.508 e. The van der Waals surface area contributed by atoms with Crippen LogP contribution in [0.2, 0.25) is 0 Å². The van der Waals surface area contributed by atoms with Crippen molar-refractivity contribution in [2.24, 2.45) is 17.8 Å². The molecule has 1 unspecified atom stereocenters. The lowest BCUT2D eigenvalue weighted by Crippen LogP contribution is -2.62. The van der Waals surface area contributed by atoms with Crippen molar-refractivity contribution in [3.05, 3.63) is 65.8 Å². The molecular formula is C41H61N5O9. The molecule has 2 bridgehead atoms. The van der Waals surface area contributed by atoms with Gasteiger partial charge >= 0.3 is 5.97 Å². The summed E-state index contributed by atoms with van der Waals surface area (Å²) in [5, 5.41) is 39.5. The fraction of sp³-hybridized carbons (Fsp3) is 0.585. The number of fused-ring (bicyclic) bond motifs is 2. The maximum absolute atomic E-state index is 14.2. The Morgan fingerprint density at radius 1 is 1.07 bits per heavy atom.